The Morgan fingerprint density at radius 2 is 1.93 bits per heavy atom. The van der Waals surface area contributed by atoms with Gasteiger partial charge < -0.3 is 29.5 Å². The topological polar surface area (TPSA) is 97.3 Å². The number of nitrogens with zero attached hydrogens (tertiary/aromatic N) is 1. The number of amides is 2. The van der Waals surface area contributed by atoms with Gasteiger partial charge in [0.15, 0.2) is 0 Å². The number of benzene rings is 1. The van der Waals surface area contributed by atoms with Crippen LogP contribution in [0.25, 0.3) is 0 Å². The first-order valence-electron chi connectivity index (χ1n) is 9.67. The van der Waals surface area contributed by atoms with Gasteiger partial charge in [-0.1, -0.05) is 0 Å². The van der Waals surface area contributed by atoms with Crippen LogP contribution < -0.4 is 10.1 Å². The van der Waals surface area contributed by atoms with Gasteiger partial charge in [-0.05, 0) is 24.3 Å². The van der Waals surface area contributed by atoms with Gasteiger partial charge in [0, 0.05) is 38.6 Å². The van der Waals surface area contributed by atoms with Crippen molar-refractivity contribution in [3.8, 4) is 5.75 Å². The standard InChI is InChI=1S/C20H28N2O6/c1-26-11-8-19(24)22-9-6-16(7-10-22)28-15-4-2-14(3-5-15)20(25)21-17-12-27-13-18(17)23/h2-5,16-18,23H,6-13H2,1H3,(H,21,25)/t17-,18-/m1/s1. The van der Waals surface area contributed by atoms with Gasteiger partial charge in [0.2, 0.25) is 5.91 Å². The fourth-order valence-corrected chi connectivity index (χ4v) is 3.38. The maximum absolute atomic E-state index is 12.3. The van der Waals surface area contributed by atoms with E-state index >= 15 is 0 Å². The molecule has 0 aliphatic carbocycles. The van der Waals surface area contributed by atoms with Crippen molar-refractivity contribution in [2.24, 2.45) is 0 Å². The second-order valence-corrected chi connectivity index (χ2v) is 7.15. The number of aliphatic hydroxyl groups excluding tert-OH is 1. The molecular formula is C20H28N2O6. The molecular weight excluding hydrogens is 364 g/mol. The summed E-state index contributed by atoms with van der Waals surface area (Å²) in [6.07, 6.45) is 1.35. The van der Waals surface area contributed by atoms with Crippen LogP contribution in [-0.4, -0.2) is 80.1 Å². The molecule has 1 aromatic rings. The Bertz CT molecular complexity index is 657. The predicted octanol–water partition coefficient (Wildman–Crippen LogP) is 0.582. The zero-order valence-electron chi connectivity index (χ0n) is 16.1. The van der Waals surface area contributed by atoms with Crippen molar-refractivity contribution in [1.29, 1.82) is 0 Å². The minimum atomic E-state index is -0.668. The van der Waals surface area contributed by atoms with Crippen LogP contribution in [0.3, 0.4) is 0 Å². The Morgan fingerprint density at radius 3 is 2.54 bits per heavy atom. The van der Waals surface area contributed by atoms with Gasteiger partial charge in [-0.3, -0.25) is 9.59 Å². The number of nitrogens with one attached hydrogen (secondary N) is 1. The normalized spacial score (nSPS) is 22.9. The van der Waals surface area contributed by atoms with E-state index in [2.05, 4.69) is 5.32 Å². The van der Waals surface area contributed by atoms with Crippen molar-refractivity contribution in [2.75, 3.05) is 40.0 Å². The molecule has 0 bridgehead atoms. The van der Waals surface area contributed by atoms with Gasteiger partial charge in [-0.2, -0.15) is 0 Å². The summed E-state index contributed by atoms with van der Waals surface area (Å²) < 4.78 is 16.1. The molecule has 2 saturated heterocycles. The molecule has 1 aromatic carbocycles. The number of methoxy groups -OCH3 is 1. The second-order valence-electron chi connectivity index (χ2n) is 7.15. The molecule has 3 rings (SSSR count). The van der Waals surface area contributed by atoms with Crippen LogP contribution in [-0.2, 0) is 14.3 Å². The molecule has 2 aliphatic rings. The number of carbonyl (C=O) groups excluding carboxylic acids is 2. The van der Waals surface area contributed by atoms with E-state index in [-0.39, 0.29) is 30.6 Å². The summed E-state index contributed by atoms with van der Waals surface area (Å²) in [4.78, 5) is 26.1. The highest BCUT2D eigenvalue weighted by Crippen LogP contribution is 2.20. The van der Waals surface area contributed by atoms with Crippen LogP contribution in [0.5, 0.6) is 5.75 Å². The highest BCUT2D eigenvalue weighted by Gasteiger charge is 2.28. The second kappa shape index (κ2) is 9.86. The fourth-order valence-electron chi connectivity index (χ4n) is 3.38. The van der Waals surface area contributed by atoms with E-state index in [1.165, 1.54) is 0 Å². The number of aliphatic hydroxyl groups is 1. The molecule has 2 atom stereocenters. The minimum Gasteiger partial charge on any atom is -0.490 e. The van der Waals surface area contributed by atoms with E-state index in [4.69, 9.17) is 14.2 Å². The monoisotopic (exact) mass is 392 g/mol. The van der Waals surface area contributed by atoms with E-state index in [0.29, 0.717) is 44.0 Å². The lowest BCUT2D eigenvalue weighted by atomic mass is 10.1. The molecule has 0 saturated carbocycles. The van der Waals surface area contributed by atoms with Crippen LogP contribution in [0.1, 0.15) is 29.6 Å². The zero-order valence-corrected chi connectivity index (χ0v) is 16.1. The lowest BCUT2D eigenvalue weighted by molar-refractivity contribution is -0.133. The van der Waals surface area contributed by atoms with E-state index in [1.807, 2.05) is 4.90 Å². The van der Waals surface area contributed by atoms with Crippen molar-refractivity contribution < 1.29 is 28.9 Å². The van der Waals surface area contributed by atoms with Crippen molar-refractivity contribution in [2.45, 2.75) is 37.5 Å². The van der Waals surface area contributed by atoms with Gasteiger partial charge in [-0.25, -0.2) is 0 Å². The first-order valence-corrected chi connectivity index (χ1v) is 9.67. The quantitative estimate of drug-likeness (QED) is 0.705. The lowest BCUT2D eigenvalue weighted by Gasteiger charge is -2.32. The number of rotatable bonds is 7. The molecule has 2 heterocycles. The molecule has 0 spiro atoms. The molecule has 28 heavy (non-hydrogen) atoms. The third-order valence-corrected chi connectivity index (χ3v) is 5.10. The Kier molecular flexibility index (Phi) is 7.24. The SMILES string of the molecule is COCCC(=O)N1CCC(Oc2ccc(C(=O)N[C@@H]3COC[C@H]3O)cc2)CC1. The smallest absolute Gasteiger partial charge is 0.251 e. The maximum atomic E-state index is 12.3. The first kappa shape index (κ1) is 20.6. The van der Waals surface area contributed by atoms with E-state index in [9.17, 15) is 14.7 Å². The van der Waals surface area contributed by atoms with Gasteiger partial charge in [0.05, 0.1) is 38.4 Å². The average molecular weight is 392 g/mol. The van der Waals surface area contributed by atoms with Crippen LogP contribution >= 0.6 is 0 Å². The van der Waals surface area contributed by atoms with Crippen LogP contribution in [0.4, 0.5) is 0 Å². The summed E-state index contributed by atoms with van der Waals surface area (Å²) in [7, 11) is 1.59. The molecule has 8 nitrogen and oxygen atoms in total. The zero-order chi connectivity index (χ0) is 19.9. The Morgan fingerprint density at radius 1 is 1.21 bits per heavy atom. The Labute approximate surface area is 164 Å². The number of hydrogen-bond acceptors (Lipinski definition) is 6. The molecule has 2 aliphatic heterocycles. The fraction of sp³-hybridized carbons (Fsp3) is 0.600. The third-order valence-electron chi connectivity index (χ3n) is 5.10. The number of piperidine rings is 1. The van der Waals surface area contributed by atoms with Crippen LogP contribution in [0.2, 0.25) is 0 Å². The van der Waals surface area contributed by atoms with Gasteiger partial charge in [0.1, 0.15) is 11.9 Å². The molecule has 0 unspecified atom stereocenters. The first-order chi connectivity index (χ1) is 13.6. The average Bonchev–Trinajstić information content (AvgIpc) is 3.11. The molecule has 2 N–H and O–H groups in total. The molecule has 2 fully saturated rings. The summed E-state index contributed by atoms with van der Waals surface area (Å²) in [5.41, 5.74) is 0.505. The minimum absolute atomic E-state index is 0.0527. The maximum Gasteiger partial charge on any atom is 0.251 e. The van der Waals surface area contributed by atoms with Gasteiger partial charge >= 0.3 is 0 Å². The van der Waals surface area contributed by atoms with Crippen LogP contribution in [0, 0.1) is 0 Å². The molecule has 8 heteroatoms. The molecule has 2 amide bonds. The Hall–Kier alpha value is -2.16. The largest absolute Gasteiger partial charge is 0.490 e. The van der Waals surface area contributed by atoms with Crippen LogP contribution in [0.15, 0.2) is 24.3 Å². The molecule has 154 valence electrons. The van der Waals surface area contributed by atoms with Crippen molar-refractivity contribution in [3.63, 3.8) is 0 Å². The molecule has 0 aromatic heterocycles. The highest BCUT2D eigenvalue weighted by molar-refractivity contribution is 5.94. The van der Waals surface area contributed by atoms with Crippen molar-refractivity contribution >= 4 is 11.8 Å². The van der Waals surface area contributed by atoms with E-state index < -0.39 is 6.10 Å². The summed E-state index contributed by atoms with van der Waals surface area (Å²) in [6, 6.07) is 6.58. The number of likely N-dealkylation sites (tertiary alicyclic amines) is 1. The predicted molar refractivity (Wildman–Crippen MR) is 101 cm³/mol. The third kappa shape index (κ3) is 5.43. The Balaban J connectivity index is 1.44. The summed E-state index contributed by atoms with van der Waals surface area (Å²) in [5.74, 6) is 0.572. The van der Waals surface area contributed by atoms with E-state index in [0.717, 1.165) is 12.8 Å². The van der Waals surface area contributed by atoms with Gasteiger partial charge in [0.25, 0.3) is 5.91 Å². The summed E-state index contributed by atoms with van der Waals surface area (Å²) >= 11 is 0. The lowest BCUT2D eigenvalue weighted by Crippen LogP contribution is -2.42. The number of hydrogen-bond donors (Lipinski definition) is 2. The summed E-state index contributed by atoms with van der Waals surface area (Å²) in [6.45, 7) is 2.37. The summed E-state index contributed by atoms with van der Waals surface area (Å²) in [5, 5.41) is 12.5. The van der Waals surface area contributed by atoms with Crippen molar-refractivity contribution in [1.82, 2.24) is 10.2 Å². The van der Waals surface area contributed by atoms with Crippen molar-refractivity contribution in [3.05, 3.63) is 29.8 Å². The number of ether oxygens (including phenoxy) is 3. The van der Waals surface area contributed by atoms with Gasteiger partial charge in [-0.15, -0.1) is 0 Å². The van der Waals surface area contributed by atoms with E-state index in [1.54, 1.807) is 31.4 Å². The molecule has 0 radical (unpaired) electrons. The highest BCUT2D eigenvalue weighted by atomic mass is 16.5. The number of carbonyl (C=O) groups is 2.